The number of amides is 1. The van der Waals surface area contributed by atoms with Crippen molar-refractivity contribution in [1.29, 1.82) is 0 Å². The van der Waals surface area contributed by atoms with E-state index < -0.39 is 12.1 Å². The van der Waals surface area contributed by atoms with Crippen LogP contribution in [0.5, 0.6) is 0 Å². The van der Waals surface area contributed by atoms with Crippen molar-refractivity contribution >= 4 is 18.3 Å². The highest BCUT2D eigenvalue weighted by Crippen LogP contribution is 2.27. The Balaban J connectivity index is 0.00000484. The van der Waals surface area contributed by atoms with Crippen LogP contribution in [0.2, 0.25) is 0 Å². The maximum absolute atomic E-state index is 11.9. The highest BCUT2D eigenvalue weighted by Gasteiger charge is 2.26. The molecule has 0 bridgehead atoms. The predicted molar refractivity (Wildman–Crippen MR) is 95.7 cm³/mol. The van der Waals surface area contributed by atoms with E-state index in [0.717, 1.165) is 19.4 Å². The molecule has 0 aromatic carbocycles. The summed E-state index contributed by atoms with van der Waals surface area (Å²) in [6.45, 7) is 6.09. The Morgan fingerprint density at radius 2 is 1.96 bits per heavy atom. The molecule has 6 heteroatoms. The van der Waals surface area contributed by atoms with E-state index in [9.17, 15) is 9.90 Å². The van der Waals surface area contributed by atoms with Gasteiger partial charge in [-0.3, -0.25) is 4.79 Å². The largest absolute Gasteiger partial charge is 0.382 e. The lowest BCUT2D eigenvalue weighted by molar-refractivity contribution is -0.130. The summed E-state index contributed by atoms with van der Waals surface area (Å²) in [4.78, 5) is 11.9. The topological polar surface area (TPSA) is 84.6 Å². The quantitative estimate of drug-likeness (QED) is 0.527. The molecule has 138 valence electrons. The van der Waals surface area contributed by atoms with Gasteiger partial charge < -0.3 is 20.9 Å². The highest BCUT2D eigenvalue weighted by molar-refractivity contribution is 5.85. The molecule has 23 heavy (non-hydrogen) atoms. The standard InChI is InChI=1S/C17H34N2O3.ClH/c1-13(2)12-22-10-6-9-19-17(21)16(20)15(18)11-14-7-4-3-5-8-14;/h13-16,20H,3-12,18H2,1-2H3,(H,19,21);1H/t15-,16?;/m1./s1. The lowest BCUT2D eigenvalue weighted by Gasteiger charge is -2.26. The average Bonchev–Trinajstić information content (AvgIpc) is 2.50. The van der Waals surface area contributed by atoms with Crippen LogP contribution in [-0.4, -0.2) is 42.9 Å². The van der Waals surface area contributed by atoms with Crippen molar-refractivity contribution in [2.45, 2.75) is 70.9 Å². The zero-order chi connectivity index (χ0) is 16.4. The monoisotopic (exact) mass is 350 g/mol. The highest BCUT2D eigenvalue weighted by atomic mass is 35.5. The molecule has 0 radical (unpaired) electrons. The maximum Gasteiger partial charge on any atom is 0.250 e. The lowest BCUT2D eigenvalue weighted by atomic mass is 9.84. The zero-order valence-corrected chi connectivity index (χ0v) is 15.4. The third-order valence-electron chi connectivity index (χ3n) is 4.22. The fraction of sp³-hybridized carbons (Fsp3) is 0.941. The molecular formula is C17H35ClN2O3. The first-order valence-corrected chi connectivity index (χ1v) is 8.79. The number of hydrogen-bond acceptors (Lipinski definition) is 4. The fourth-order valence-electron chi connectivity index (χ4n) is 2.94. The Morgan fingerprint density at radius 1 is 1.30 bits per heavy atom. The molecule has 1 aliphatic carbocycles. The van der Waals surface area contributed by atoms with Crippen molar-refractivity contribution in [3.63, 3.8) is 0 Å². The van der Waals surface area contributed by atoms with Gasteiger partial charge in [0.15, 0.2) is 0 Å². The van der Waals surface area contributed by atoms with Crippen molar-refractivity contribution in [1.82, 2.24) is 5.32 Å². The molecule has 0 spiro atoms. The van der Waals surface area contributed by atoms with Gasteiger partial charge in [-0.2, -0.15) is 0 Å². The Labute approximate surface area is 147 Å². The summed E-state index contributed by atoms with van der Waals surface area (Å²) in [7, 11) is 0. The summed E-state index contributed by atoms with van der Waals surface area (Å²) in [5.41, 5.74) is 6.00. The lowest BCUT2D eigenvalue weighted by Crippen LogP contribution is -2.47. The van der Waals surface area contributed by atoms with Gasteiger partial charge in [-0.05, 0) is 24.7 Å². The molecule has 5 nitrogen and oxygen atoms in total. The molecule has 0 aromatic heterocycles. The van der Waals surface area contributed by atoms with Crippen molar-refractivity contribution in [3.05, 3.63) is 0 Å². The third-order valence-corrected chi connectivity index (χ3v) is 4.22. The Hall–Kier alpha value is -0.360. The molecular weight excluding hydrogens is 316 g/mol. The van der Waals surface area contributed by atoms with E-state index in [1.54, 1.807) is 0 Å². The van der Waals surface area contributed by atoms with Crippen LogP contribution in [-0.2, 0) is 9.53 Å². The van der Waals surface area contributed by atoms with Gasteiger partial charge in [0.2, 0.25) is 5.91 Å². The fourth-order valence-corrected chi connectivity index (χ4v) is 2.94. The number of carbonyl (C=O) groups excluding carboxylic acids is 1. The van der Waals surface area contributed by atoms with Crippen LogP contribution in [0.1, 0.15) is 58.8 Å². The maximum atomic E-state index is 11.9. The number of carbonyl (C=O) groups is 1. The van der Waals surface area contributed by atoms with Crippen LogP contribution in [0.3, 0.4) is 0 Å². The van der Waals surface area contributed by atoms with E-state index in [2.05, 4.69) is 19.2 Å². The van der Waals surface area contributed by atoms with Crippen LogP contribution < -0.4 is 11.1 Å². The predicted octanol–water partition coefficient (Wildman–Crippen LogP) is 2.25. The first-order valence-electron chi connectivity index (χ1n) is 8.79. The second-order valence-electron chi connectivity index (χ2n) is 6.96. The Kier molecular flexibility index (Phi) is 12.8. The van der Waals surface area contributed by atoms with Gasteiger partial charge in [0.25, 0.3) is 0 Å². The second kappa shape index (κ2) is 13.0. The van der Waals surface area contributed by atoms with E-state index >= 15 is 0 Å². The molecule has 1 fully saturated rings. The molecule has 1 unspecified atom stereocenters. The van der Waals surface area contributed by atoms with Gasteiger partial charge >= 0.3 is 0 Å². The molecule has 0 saturated heterocycles. The van der Waals surface area contributed by atoms with Crippen molar-refractivity contribution < 1.29 is 14.6 Å². The molecule has 2 atom stereocenters. The van der Waals surface area contributed by atoms with Crippen LogP contribution in [0, 0.1) is 11.8 Å². The normalized spacial score (nSPS) is 18.3. The minimum atomic E-state index is -1.10. The number of nitrogens with one attached hydrogen (secondary N) is 1. The molecule has 1 amide bonds. The summed E-state index contributed by atoms with van der Waals surface area (Å²) in [6.07, 6.45) is 6.54. The molecule has 0 aromatic rings. The molecule has 0 heterocycles. The number of halogens is 1. The zero-order valence-electron chi connectivity index (χ0n) is 14.6. The summed E-state index contributed by atoms with van der Waals surface area (Å²) in [5, 5.41) is 12.8. The van der Waals surface area contributed by atoms with Crippen molar-refractivity contribution in [3.8, 4) is 0 Å². The van der Waals surface area contributed by atoms with Gasteiger partial charge in [0, 0.05) is 25.8 Å². The van der Waals surface area contributed by atoms with Crippen LogP contribution in [0.4, 0.5) is 0 Å². The summed E-state index contributed by atoms with van der Waals surface area (Å²) in [5.74, 6) is 0.733. The van der Waals surface area contributed by atoms with E-state index in [1.807, 2.05) is 0 Å². The third kappa shape index (κ3) is 10.2. The SMILES string of the molecule is CC(C)COCCCNC(=O)C(O)[C@H](N)CC1CCCCC1.Cl. The van der Waals surface area contributed by atoms with Gasteiger partial charge in [-0.25, -0.2) is 0 Å². The van der Waals surface area contributed by atoms with Crippen LogP contribution >= 0.6 is 12.4 Å². The first-order chi connectivity index (χ1) is 10.5. The summed E-state index contributed by atoms with van der Waals surface area (Å²) >= 11 is 0. The minimum Gasteiger partial charge on any atom is -0.382 e. The van der Waals surface area contributed by atoms with Gasteiger partial charge in [0.1, 0.15) is 6.10 Å². The van der Waals surface area contributed by atoms with Crippen molar-refractivity contribution in [2.24, 2.45) is 17.6 Å². The summed E-state index contributed by atoms with van der Waals surface area (Å²) in [6, 6.07) is -0.458. The molecule has 1 aliphatic rings. The number of hydrogen-bond donors (Lipinski definition) is 3. The Bertz CT molecular complexity index is 310. The summed E-state index contributed by atoms with van der Waals surface area (Å²) < 4.78 is 5.45. The molecule has 1 rings (SSSR count). The van der Waals surface area contributed by atoms with E-state index in [-0.39, 0.29) is 18.3 Å². The van der Waals surface area contributed by atoms with Crippen LogP contribution in [0.15, 0.2) is 0 Å². The second-order valence-corrected chi connectivity index (χ2v) is 6.96. The van der Waals surface area contributed by atoms with E-state index in [1.165, 1.54) is 32.1 Å². The molecule has 1 saturated carbocycles. The number of ether oxygens (including phenoxy) is 1. The first kappa shape index (κ1) is 22.6. The smallest absolute Gasteiger partial charge is 0.250 e. The van der Waals surface area contributed by atoms with Gasteiger partial charge in [-0.15, -0.1) is 12.4 Å². The number of aliphatic hydroxyl groups excluding tert-OH is 1. The van der Waals surface area contributed by atoms with Crippen molar-refractivity contribution in [2.75, 3.05) is 19.8 Å². The average molecular weight is 351 g/mol. The molecule has 4 N–H and O–H groups in total. The van der Waals surface area contributed by atoms with E-state index in [0.29, 0.717) is 25.0 Å². The number of aliphatic hydroxyl groups is 1. The van der Waals surface area contributed by atoms with Crippen LogP contribution in [0.25, 0.3) is 0 Å². The number of nitrogens with two attached hydrogens (primary N) is 1. The molecule has 0 aliphatic heterocycles. The number of rotatable bonds is 10. The van der Waals surface area contributed by atoms with Gasteiger partial charge in [-0.1, -0.05) is 46.0 Å². The van der Waals surface area contributed by atoms with Gasteiger partial charge in [0.05, 0.1) is 0 Å². The minimum absolute atomic E-state index is 0. The Morgan fingerprint density at radius 3 is 2.57 bits per heavy atom. The van der Waals surface area contributed by atoms with E-state index in [4.69, 9.17) is 10.5 Å².